The van der Waals surface area contributed by atoms with E-state index in [9.17, 15) is 23.1 Å². The molecule has 1 rings (SSSR count). The molecule has 1 amide bonds. The van der Waals surface area contributed by atoms with E-state index in [1.807, 2.05) is 0 Å². The summed E-state index contributed by atoms with van der Waals surface area (Å²) in [6.45, 7) is 4.24. The van der Waals surface area contributed by atoms with E-state index >= 15 is 0 Å². The molecular weight excluding hydrogens is 296 g/mol. The number of rotatable bonds is 8. The molecule has 0 unspecified atom stereocenters. The molecular formula is C13H24N2O5S. The molecule has 1 aliphatic rings. The van der Waals surface area contributed by atoms with E-state index in [-0.39, 0.29) is 31.2 Å². The third kappa shape index (κ3) is 4.41. The minimum absolute atomic E-state index is 0.0579. The zero-order valence-corrected chi connectivity index (χ0v) is 13.4. The Morgan fingerprint density at radius 3 is 2.33 bits per heavy atom. The highest BCUT2D eigenvalue weighted by molar-refractivity contribution is 7.89. The van der Waals surface area contributed by atoms with Crippen LogP contribution in [-0.4, -0.2) is 55.1 Å². The van der Waals surface area contributed by atoms with Crippen LogP contribution >= 0.6 is 0 Å². The topological polar surface area (TPSA) is 104 Å². The number of hydrogen-bond donors (Lipinski definition) is 2. The molecule has 1 heterocycles. The van der Waals surface area contributed by atoms with Crippen LogP contribution in [-0.2, 0) is 19.6 Å². The maximum Gasteiger partial charge on any atom is 0.311 e. The fourth-order valence-electron chi connectivity index (χ4n) is 2.40. The van der Waals surface area contributed by atoms with Gasteiger partial charge in [-0.05, 0) is 19.3 Å². The Morgan fingerprint density at radius 1 is 1.29 bits per heavy atom. The van der Waals surface area contributed by atoms with Crippen molar-refractivity contribution in [3.05, 3.63) is 0 Å². The normalized spacial score (nSPS) is 18.6. The summed E-state index contributed by atoms with van der Waals surface area (Å²) in [5.41, 5.74) is -0.949. The van der Waals surface area contributed by atoms with Crippen molar-refractivity contribution in [1.29, 1.82) is 0 Å². The smallest absolute Gasteiger partial charge is 0.311 e. The van der Waals surface area contributed by atoms with Gasteiger partial charge in [-0.2, -0.15) is 0 Å². The van der Waals surface area contributed by atoms with Crippen molar-refractivity contribution >= 4 is 21.9 Å². The van der Waals surface area contributed by atoms with Gasteiger partial charge in [0.15, 0.2) is 0 Å². The fraction of sp³-hybridized carbons (Fsp3) is 0.846. The molecule has 21 heavy (non-hydrogen) atoms. The summed E-state index contributed by atoms with van der Waals surface area (Å²) >= 11 is 0. The summed E-state index contributed by atoms with van der Waals surface area (Å²) in [5.74, 6) is -1.10. The summed E-state index contributed by atoms with van der Waals surface area (Å²) in [6.07, 6.45) is 1.51. The fourth-order valence-corrected chi connectivity index (χ4v) is 3.93. The Labute approximate surface area is 125 Å². The third-order valence-electron chi connectivity index (χ3n) is 4.22. The molecule has 2 N–H and O–H groups in total. The summed E-state index contributed by atoms with van der Waals surface area (Å²) in [5, 5.41) is 11.9. The molecule has 0 aromatic rings. The molecule has 1 aliphatic heterocycles. The van der Waals surface area contributed by atoms with Crippen molar-refractivity contribution in [2.24, 2.45) is 5.41 Å². The predicted molar refractivity (Wildman–Crippen MR) is 78.3 cm³/mol. The summed E-state index contributed by atoms with van der Waals surface area (Å²) < 4.78 is 24.5. The summed E-state index contributed by atoms with van der Waals surface area (Å²) in [7, 11) is -3.19. The molecule has 0 spiro atoms. The van der Waals surface area contributed by atoms with Crippen LogP contribution in [0.4, 0.5) is 0 Å². The van der Waals surface area contributed by atoms with Gasteiger partial charge < -0.3 is 10.4 Å². The maximum absolute atomic E-state index is 11.8. The molecule has 8 heteroatoms. The second-order valence-corrected chi connectivity index (χ2v) is 7.48. The highest BCUT2D eigenvalue weighted by atomic mass is 32.2. The lowest BCUT2D eigenvalue weighted by Crippen LogP contribution is -2.43. The molecule has 0 aromatic carbocycles. The molecule has 1 fully saturated rings. The van der Waals surface area contributed by atoms with Crippen LogP contribution in [0, 0.1) is 5.41 Å². The lowest BCUT2D eigenvalue weighted by Gasteiger charge is -2.27. The Hall–Kier alpha value is -1.15. The number of carbonyl (C=O) groups excluding carboxylic acids is 1. The average Bonchev–Trinajstić information content (AvgIpc) is 2.76. The molecule has 122 valence electrons. The number of nitrogens with one attached hydrogen (secondary N) is 1. The van der Waals surface area contributed by atoms with Crippen LogP contribution in [0.5, 0.6) is 0 Å². The van der Waals surface area contributed by atoms with Gasteiger partial charge in [0.05, 0.1) is 11.2 Å². The zero-order valence-electron chi connectivity index (χ0n) is 12.6. The minimum atomic E-state index is -3.19. The molecule has 0 aliphatic carbocycles. The van der Waals surface area contributed by atoms with Crippen molar-refractivity contribution in [1.82, 2.24) is 9.62 Å². The minimum Gasteiger partial charge on any atom is -0.481 e. The highest BCUT2D eigenvalue weighted by Gasteiger charge is 2.35. The average molecular weight is 320 g/mol. The van der Waals surface area contributed by atoms with Crippen molar-refractivity contribution in [3.8, 4) is 0 Å². The number of hydrogen-bond acceptors (Lipinski definition) is 4. The van der Waals surface area contributed by atoms with E-state index in [0.29, 0.717) is 25.8 Å². The first kappa shape index (κ1) is 17.9. The van der Waals surface area contributed by atoms with Crippen LogP contribution in [0.25, 0.3) is 0 Å². The van der Waals surface area contributed by atoms with E-state index < -0.39 is 21.4 Å². The lowest BCUT2D eigenvalue weighted by molar-refractivity contribution is -0.149. The van der Waals surface area contributed by atoms with Gasteiger partial charge in [0, 0.05) is 26.1 Å². The standard InChI is InChI=1S/C13H24N2O5S/c1-3-13(4-2,12(17)18)10-14-11(16)6-8-15-7-5-9-21(15,19)20/h3-10H2,1-2H3,(H,14,16)(H,17,18). The number of amides is 1. The molecule has 1 saturated heterocycles. The van der Waals surface area contributed by atoms with Crippen LogP contribution in [0.2, 0.25) is 0 Å². The van der Waals surface area contributed by atoms with Crippen molar-refractivity contribution < 1.29 is 23.1 Å². The zero-order chi connectivity index (χ0) is 16.1. The van der Waals surface area contributed by atoms with Crippen LogP contribution in [0.3, 0.4) is 0 Å². The first-order chi connectivity index (χ1) is 9.77. The van der Waals surface area contributed by atoms with E-state index in [1.54, 1.807) is 13.8 Å². The first-order valence-electron chi connectivity index (χ1n) is 7.25. The van der Waals surface area contributed by atoms with E-state index in [1.165, 1.54) is 4.31 Å². The SMILES string of the molecule is CCC(CC)(CNC(=O)CCN1CCCS1(=O)=O)C(=O)O. The Morgan fingerprint density at radius 2 is 1.90 bits per heavy atom. The summed E-state index contributed by atoms with van der Waals surface area (Å²) in [4.78, 5) is 23.1. The number of carboxylic acids is 1. The maximum atomic E-state index is 11.8. The lowest BCUT2D eigenvalue weighted by atomic mass is 9.82. The van der Waals surface area contributed by atoms with Gasteiger partial charge in [-0.1, -0.05) is 13.8 Å². The van der Waals surface area contributed by atoms with Gasteiger partial charge in [-0.25, -0.2) is 12.7 Å². The van der Waals surface area contributed by atoms with Gasteiger partial charge in [0.1, 0.15) is 0 Å². The van der Waals surface area contributed by atoms with E-state index in [0.717, 1.165) is 0 Å². The highest BCUT2D eigenvalue weighted by Crippen LogP contribution is 2.25. The first-order valence-corrected chi connectivity index (χ1v) is 8.86. The Kier molecular flexibility index (Phi) is 6.15. The van der Waals surface area contributed by atoms with Crippen LogP contribution in [0.1, 0.15) is 39.5 Å². The van der Waals surface area contributed by atoms with Gasteiger partial charge in [0.25, 0.3) is 0 Å². The van der Waals surface area contributed by atoms with Gasteiger partial charge in [-0.3, -0.25) is 9.59 Å². The molecule has 7 nitrogen and oxygen atoms in total. The molecule has 0 bridgehead atoms. The Bertz CT molecular complexity index is 485. The molecule has 0 atom stereocenters. The number of carbonyl (C=O) groups is 2. The second kappa shape index (κ2) is 7.22. The van der Waals surface area contributed by atoms with Crippen molar-refractivity contribution in [2.75, 3.05) is 25.4 Å². The summed E-state index contributed by atoms with van der Waals surface area (Å²) in [6, 6.07) is 0. The monoisotopic (exact) mass is 320 g/mol. The molecule has 0 radical (unpaired) electrons. The number of aliphatic carboxylic acids is 1. The van der Waals surface area contributed by atoms with Crippen LogP contribution in [0.15, 0.2) is 0 Å². The van der Waals surface area contributed by atoms with Gasteiger partial charge in [-0.15, -0.1) is 0 Å². The molecule has 0 saturated carbocycles. The van der Waals surface area contributed by atoms with Crippen molar-refractivity contribution in [3.63, 3.8) is 0 Å². The van der Waals surface area contributed by atoms with Crippen molar-refractivity contribution in [2.45, 2.75) is 39.5 Å². The number of nitrogens with zero attached hydrogens (tertiary/aromatic N) is 1. The predicted octanol–water partition coefficient (Wildman–Crippen LogP) is 0.419. The Balaban J connectivity index is 2.46. The second-order valence-electron chi connectivity index (χ2n) is 5.39. The van der Waals surface area contributed by atoms with Gasteiger partial charge in [0.2, 0.25) is 15.9 Å². The van der Waals surface area contributed by atoms with Crippen LogP contribution < -0.4 is 5.32 Å². The number of sulfonamides is 1. The molecule has 0 aromatic heterocycles. The largest absolute Gasteiger partial charge is 0.481 e. The quantitative estimate of drug-likeness (QED) is 0.674. The third-order valence-corrected chi connectivity index (χ3v) is 6.18. The van der Waals surface area contributed by atoms with E-state index in [2.05, 4.69) is 5.32 Å². The number of carboxylic acid groups (broad SMARTS) is 1. The van der Waals surface area contributed by atoms with E-state index in [4.69, 9.17) is 0 Å². The van der Waals surface area contributed by atoms with Gasteiger partial charge >= 0.3 is 5.97 Å².